The molecule has 4 nitrogen and oxygen atoms in total. The summed E-state index contributed by atoms with van der Waals surface area (Å²) in [6.07, 6.45) is 1.58. The van der Waals surface area contributed by atoms with Crippen molar-refractivity contribution in [1.29, 1.82) is 0 Å². The molecule has 28 heavy (non-hydrogen) atoms. The van der Waals surface area contributed by atoms with Crippen LogP contribution < -0.4 is 10.6 Å². The molecule has 3 aromatic carbocycles. The number of rotatable bonds is 4. The summed E-state index contributed by atoms with van der Waals surface area (Å²) in [6.45, 7) is 0. The van der Waals surface area contributed by atoms with Gasteiger partial charge in [-0.3, -0.25) is 9.78 Å². The van der Waals surface area contributed by atoms with E-state index in [4.69, 9.17) is 23.2 Å². The highest BCUT2D eigenvalue weighted by Crippen LogP contribution is 2.30. The molecular weight excluding hydrogens is 393 g/mol. The van der Waals surface area contributed by atoms with Gasteiger partial charge in [0, 0.05) is 33.0 Å². The molecule has 2 N–H and O–H groups in total. The zero-order valence-corrected chi connectivity index (χ0v) is 16.1. The number of amides is 1. The smallest absolute Gasteiger partial charge is 0.259 e. The summed E-state index contributed by atoms with van der Waals surface area (Å²) in [5, 5.41) is 8.32. The molecule has 0 aliphatic rings. The number of carbonyl (C=O) groups excluding carboxylic acids is 1. The third-order valence-corrected chi connectivity index (χ3v) is 4.74. The van der Waals surface area contributed by atoms with Gasteiger partial charge < -0.3 is 10.6 Å². The molecule has 0 bridgehead atoms. The third-order valence-electron chi connectivity index (χ3n) is 4.24. The molecule has 0 fully saturated rings. The Hall–Kier alpha value is -3.08. The summed E-state index contributed by atoms with van der Waals surface area (Å²) in [5.74, 6) is -0.267. The van der Waals surface area contributed by atoms with Crippen molar-refractivity contribution < 1.29 is 4.79 Å². The topological polar surface area (TPSA) is 54.0 Å². The summed E-state index contributed by atoms with van der Waals surface area (Å²) in [6, 6.07) is 21.9. The van der Waals surface area contributed by atoms with Crippen LogP contribution in [0.15, 0.2) is 79.0 Å². The van der Waals surface area contributed by atoms with Crippen molar-refractivity contribution in [2.45, 2.75) is 0 Å². The standard InChI is InChI=1S/C22H15Cl2N3O/c23-14-5-9-16(10-6-14)26-21-18-3-1-2-4-20(18)25-13-19(21)22(28)27-17-11-7-15(24)8-12-17/h1-13H,(H,25,26)(H,27,28). The van der Waals surface area contributed by atoms with Gasteiger partial charge in [0.2, 0.25) is 0 Å². The van der Waals surface area contributed by atoms with Gasteiger partial charge in [-0.05, 0) is 54.6 Å². The number of aromatic nitrogens is 1. The van der Waals surface area contributed by atoms with E-state index < -0.39 is 0 Å². The highest BCUT2D eigenvalue weighted by molar-refractivity contribution is 6.31. The lowest BCUT2D eigenvalue weighted by Crippen LogP contribution is -2.14. The Balaban J connectivity index is 1.75. The van der Waals surface area contributed by atoms with Crippen LogP contribution in [0.25, 0.3) is 10.9 Å². The van der Waals surface area contributed by atoms with Crippen LogP contribution in [0.1, 0.15) is 10.4 Å². The maximum atomic E-state index is 13.0. The lowest BCUT2D eigenvalue weighted by Gasteiger charge is -2.15. The van der Waals surface area contributed by atoms with Gasteiger partial charge in [0.05, 0.1) is 16.8 Å². The maximum Gasteiger partial charge on any atom is 0.259 e. The number of hydrogen-bond acceptors (Lipinski definition) is 3. The van der Waals surface area contributed by atoms with E-state index in [1.807, 2.05) is 36.4 Å². The molecule has 0 radical (unpaired) electrons. The van der Waals surface area contributed by atoms with Crippen molar-refractivity contribution in [3.8, 4) is 0 Å². The van der Waals surface area contributed by atoms with E-state index >= 15 is 0 Å². The lowest BCUT2D eigenvalue weighted by molar-refractivity contribution is 0.102. The SMILES string of the molecule is O=C(Nc1ccc(Cl)cc1)c1cnc2ccccc2c1Nc1ccc(Cl)cc1. The van der Waals surface area contributed by atoms with Gasteiger partial charge in [-0.2, -0.15) is 0 Å². The number of benzene rings is 3. The molecule has 4 rings (SSSR count). The van der Waals surface area contributed by atoms with Crippen molar-refractivity contribution in [2.24, 2.45) is 0 Å². The molecule has 6 heteroatoms. The average molecular weight is 408 g/mol. The second-order valence-electron chi connectivity index (χ2n) is 6.16. The van der Waals surface area contributed by atoms with Gasteiger partial charge in [-0.1, -0.05) is 41.4 Å². The molecule has 0 aliphatic carbocycles. The van der Waals surface area contributed by atoms with E-state index in [1.54, 1.807) is 42.6 Å². The lowest BCUT2D eigenvalue weighted by atomic mass is 10.1. The second-order valence-corrected chi connectivity index (χ2v) is 7.03. The molecule has 0 atom stereocenters. The number of anilines is 3. The fraction of sp³-hybridized carbons (Fsp3) is 0. The summed E-state index contributed by atoms with van der Waals surface area (Å²) in [5.41, 5.74) is 3.38. The molecule has 0 saturated carbocycles. The van der Waals surface area contributed by atoms with Gasteiger partial charge in [0.1, 0.15) is 0 Å². The Morgan fingerprint density at radius 1 is 0.786 bits per heavy atom. The Morgan fingerprint density at radius 2 is 1.39 bits per heavy atom. The normalized spacial score (nSPS) is 10.6. The fourth-order valence-corrected chi connectivity index (χ4v) is 3.11. The van der Waals surface area contributed by atoms with Crippen LogP contribution in [-0.4, -0.2) is 10.9 Å². The monoisotopic (exact) mass is 407 g/mol. The third kappa shape index (κ3) is 3.93. The number of nitrogens with one attached hydrogen (secondary N) is 2. The van der Waals surface area contributed by atoms with E-state index in [1.165, 1.54) is 0 Å². The van der Waals surface area contributed by atoms with E-state index in [9.17, 15) is 4.79 Å². The first-order valence-electron chi connectivity index (χ1n) is 8.57. The quantitative estimate of drug-likeness (QED) is 0.403. The zero-order chi connectivity index (χ0) is 19.5. The first kappa shape index (κ1) is 18.3. The predicted molar refractivity (Wildman–Crippen MR) is 116 cm³/mol. The Morgan fingerprint density at radius 3 is 2.07 bits per heavy atom. The number of nitrogens with zero attached hydrogens (tertiary/aromatic N) is 1. The van der Waals surface area contributed by atoms with Crippen LogP contribution in [0.4, 0.5) is 17.1 Å². The van der Waals surface area contributed by atoms with Crippen LogP contribution >= 0.6 is 23.2 Å². The fourth-order valence-electron chi connectivity index (χ4n) is 2.86. The van der Waals surface area contributed by atoms with Crippen molar-refractivity contribution in [1.82, 2.24) is 4.98 Å². The van der Waals surface area contributed by atoms with Crippen molar-refractivity contribution >= 4 is 57.1 Å². The number of fused-ring (bicyclic) bond motifs is 1. The average Bonchev–Trinajstić information content (AvgIpc) is 2.71. The summed E-state index contributed by atoms with van der Waals surface area (Å²) in [7, 11) is 0. The maximum absolute atomic E-state index is 13.0. The minimum atomic E-state index is -0.267. The molecule has 1 amide bonds. The van der Waals surface area contributed by atoms with Crippen molar-refractivity contribution in [3.05, 3.63) is 94.6 Å². The molecule has 1 heterocycles. The van der Waals surface area contributed by atoms with Crippen LogP contribution in [0.2, 0.25) is 10.0 Å². The highest BCUT2D eigenvalue weighted by Gasteiger charge is 2.16. The van der Waals surface area contributed by atoms with E-state index in [-0.39, 0.29) is 5.91 Å². The second kappa shape index (κ2) is 7.89. The molecule has 4 aromatic rings. The number of para-hydroxylation sites is 1. The Kier molecular flexibility index (Phi) is 5.15. The van der Waals surface area contributed by atoms with E-state index in [0.29, 0.717) is 27.0 Å². The first-order chi connectivity index (χ1) is 13.6. The van der Waals surface area contributed by atoms with Gasteiger partial charge in [-0.25, -0.2) is 0 Å². The number of carbonyl (C=O) groups is 1. The van der Waals surface area contributed by atoms with Crippen molar-refractivity contribution in [3.63, 3.8) is 0 Å². The van der Waals surface area contributed by atoms with E-state index in [2.05, 4.69) is 15.6 Å². The Bertz CT molecular complexity index is 1140. The van der Waals surface area contributed by atoms with Gasteiger partial charge in [0.15, 0.2) is 0 Å². The van der Waals surface area contributed by atoms with Crippen molar-refractivity contribution in [2.75, 3.05) is 10.6 Å². The largest absolute Gasteiger partial charge is 0.354 e. The van der Waals surface area contributed by atoms with E-state index in [0.717, 1.165) is 16.6 Å². The minimum Gasteiger partial charge on any atom is -0.354 e. The van der Waals surface area contributed by atoms with Gasteiger partial charge >= 0.3 is 0 Å². The molecule has 0 saturated heterocycles. The molecule has 1 aromatic heterocycles. The van der Waals surface area contributed by atoms with Crippen LogP contribution in [0.3, 0.4) is 0 Å². The number of halogens is 2. The molecule has 0 aliphatic heterocycles. The molecule has 0 spiro atoms. The highest BCUT2D eigenvalue weighted by atomic mass is 35.5. The van der Waals surface area contributed by atoms with Crippen LogP contribution in [-0.2, 0) is 0 Å². The van der Waals surface area contributed by atoms with Gasteiger partial charge in [-0.15, -0.1) is 0 Å². The predicted octanol–water partition coefficient (Wildman–Crippen LogP) is 6.54. The Labute approximate surface area is 172 Å². The molecule has 138 valence electrons. The molecular formula is C22H15Cl2N3O. The van der Waals surface area contributed by atoms with Crippen LogP contribution in [0, 0.1) is 0 Å². The number of hydrogen-bond donors (Lipinski definition) is 2. The summed E-state index contributed by atoms with van der Waals surface area (Å²) < 4.78 is 0. The first-order valence-corrected chi connectivity index (χ1v) is 9.33. The van der Waals surface area contributed by atoms with Gasteiger partial charge in [0.25, 0.3) is 5.91 Å². The summed E-state index contributed by atoms with van der Waals surface area (Å²) >= 11 is 11.9. The van der Waals surface area contributed by atoms with Crippen LogP contribution in [0.5, 0.6) is 0 Å². The molecule has 0 unspecified atom stereocenters. The number of pyridine rings is 1. The zero-order valence-electron chi connectivity index (χ0n) is 14.6. The minimum absolute atomic E-state index is 0.267. The summed E-state index contributed by atoms with van der Waals surface area (Å²) in [4.78, 5) is 17.4.